The second-order valence-corrected chi connectivity index (χ2v) is 6.98. The highest BCUT2D eigenvalue weighted by molar-refractivity contribution is 14.0. The molecule has 21 heavy (non-hydrogen) atoms. The second-order valence-electron chi connectivity index (χ2n) is 5.57. The average Bonchev–Trinajstić information content (AvgIpc) is 2.42. The summed E-state index contributed by atoms with van der Waals surface area (Å²) in [6.45, 7) is 8.64. The number of hydrogen-bond acceptors (Lipinski definition) is 3. The van der Waals surface area contributed by atoms with E-state index >= 15 is 0 Å². The summed E-state index contributed by atoms with van der Waals surface area (Å²) in [5.74, 6) is 2.03. The van der Waals surface area contributed by atoms with E-state index in [1.54, 1.807) is 19.0 Å². The lowest BCUT2D eigenvalue weighted by Crippen LogP contribution is -2.50. The molecule has 1 fully saturated rings. The SMILES string of the molecule is CCC1CN(C(=NCC(=O)N(C)C)NC(C)C)CCS1.I. The molecule has 0 bridgehead atoms. The zero-order valence-electron chi connectivity index (χ0n) is 13.8. The standard InChI is InChI=1S/C14H28N4OS.HI/c1-6-12-10-18(7-8-20-12)14(16-11(2)3)15-9-13(19)17(4)5;/h11-12H,6-10H2,1-5H3,(H,15,16);1H. The predicted octanol–water partition coefficient (Wildman–Crippen LogP) is 1.87. The fourth-order valence-electron chi connectivity index (χ4n) is 1.94. The summed E-state index contributed by atoms with van der Waals surface area (Å²) in [5, 5.41) is 4.04. The van der Waals surface area contributed by atoms with E-state index in [9.17, 15) is 4.79 Å². The van der Waals surface area contributed by atoms with Gasteiger partial charge in [-0.25, -0.2) is 4.99 Å². The summed E-state index contributed by atoms with van der Waals surface area (Å²) >= 11 is 2.03. The van der Waals surface area contributed by atoms with Crippen LogP contribution in [0.3, 0.4) is 0 Å². The molecule has 1 amide bonds. The Kier molecular flexibility index (Phi) is 10.4. The number of likely N-dealkylation sites (N-methyl/N-ethyl adjacent to an activating group) is 1. The Morgan fingerprint density at radius 2 is 2.14 bits per heavy atom. The van der Waals surface area contributed by atoms with Crippen LogP contribution in [-0.2, 0) is 4.79 Å². The van der Waals surface area contributed by atoms with Gasteiger partial charge >= 0.3 is 0 Å². The zero-order valence-corrected chi connectivity index (χ0v) is 16.9. The minimum atomic E-state index is 0. The summed E-state index contributed by atoms with van der Waals surface area (Å²) in [6.07, 6.45) is 1.17. The second kappa shape index (κ2) is 10.5. The minimum absolute atomic E-state index is 0. The van der Waals surface area contributed by atoms with Gasteiger partial charge in [0.25, 0.3) is 0 Å². The molecule has 0 aromatic heterocycles. The summed E-state index contributed by atoms with van der Waals surface area (Å²) in [4.78, 5) is 20.1. The number of halogens is 1. The number of nitrogens with zero attached hydrogens (tertiary/aromatic N) is 3. The molecule has 0 radical (unpaired) electrons. The molecule has 1 aliphatic heterocycles. The molecular formula is C14H29IN4OS. The number of rotatable bonds is 4. The Hall–Kier alpha value is -0.180. The van der Waals surface area contributed by atoms with Crippen LogP contribution in [0.1, 0.15) is 27.2 Å². The third kappa shape index (κ3) is 7.58. The molecule has 5 nitrogen and oxygen atoms in total. The molecule has 1 N–H and O–H groups in total. The van der Waals surface area contributed by atoms with Crippen molar-refractivity contribution in [2.45, 2.75) is 38.5 Å². The highest BCUT2D eigenvalue weighted by Crippen LogP contribution is 2.21. The number of thioether (sulfide) groups is 1. The lowest BCUT2D eigenvalue weighted by molar-refractivity contribution is -0.127. The van der Waals surface area contributed by atoms with Crippen molar-refractivity contribution in [3.8, 4) is 0 Å². The van der Waals surface area contributed by atoms with Crippen molar-refractivity contribution in [1.29, 1.82) is 0 Å². The Morgan fingerprint density at radius 1 is 1.48 bits per heavy atom. The maximum Gasteiger partial charge on any atom is 0.243 e. The Balaban J connectivity index is 0.00000400. The molecule has 1 rings (SSSR count). The van der Waals surface area contributed by atoms with Crippen molar-refractivity contribution in [2.24, 2.45) is 4.99 Å². The van der Waals surface area contributed by atoms with Crippen molar-refractivity contribution < 1.29 is 4.79 Å². The van der Waals surface area contributed by atoms with Crippen molar-refractivity contribution in [2.75, 3.05) is 39.5 Å². The predicted molar refractivity (Wildman–Crippen MR) is 103 cm³/mol. The van der Waals surface area contributed by atoms with Gasteiger partial charge in [0.2, 0.25) is 5.91 Å². The highest BCUT2D eigenvalue weighted by atomic mass is 127. The van der Waals surface area contributed by atoms with E-state index in [1.165, 1.54) is 6.42 Å². The van der Waals surface area contributed by atoms with Gasteiger partial charge in [-0.2, -0.15) is 11.8 Å². The smallest absolute Gasteiger partial charge is 0.243 e. The van der Waals surface area contributed by atoms with Gasteiger partial charge in [0.15, 0.2) is 5.96 Å². The van der Waals surface area contributed by atoms with Gasteiger partial charge in [-0.15, -0.1) is 24.0 Å². The molecule has 1 unspecified atom stereocenters. The van der Waals surface area contributed by atoms with Gasteiger partial charge in [0, 0.05) is 44.2 Å². The average molecular weight is 428 g/mol. The summed E-state index contributed by atoms with van der Waals surface area (Å²) in [6, 6.07) is 0.317. The molecule has 1 heterocycles. The van der Waals surface area contributed by atoms with E-state index in [-0.39, 0.29) is 36.4 Å². The van der Waals surface area contributed by atoms with E-state index in [4.69, 9.17) is 0 Å². The number of carbonyl (C=O) groups excluding carboxylic acids is 1. The number of carbonyl (C=O) groups is 1. The van der Waals surface area contributed by atoms with Crippen molar-refractivity contribution in [3.63, 3.8) is 0 Å². The molecule has 0 aromatic rings. The minimum Gasteiger partial charge on any atom is -0.354 e. The molecule has 1 saturated heterocycles. The molecule has 124 valence electrons. The molecule has 0 aliphatic carbocycles. The molecule has 1 aliphatic rings. The van der Waals surface area contributed by atoms with Gasteiger partial charge in [-0.3, -0.25) is 4.79 Å². The maximum atomic E-state index is 11.7. The first-order valence-electron chi connectivity index (χ1n) is 7.31. The topological polar surface area (TPSA) is 47.9 Å². The molecule has 0 aromatic carbocycles. The van der Waals surface area contributed by atoms with Crippen molar-refractivity contribution in [3.05, 3.63) is 0 Å². The molecule has 1 atom stereocenters. The summed E-state index contributed by atoms with van der Waals surface area (Å²) in [5.41, 5.74) is 0. The number of aliphatic imine (C=N–C) groups is 1. The molecule has 0 spiro atoms. The molecule has 0 saturated carbocycles. The number of nitrogens with one attached hydrogen (secondary N) is 1. The highest BCUT2D eigenvalue weighted by Gasteiger charge is 2.22. The summed E-state index contributed by atoms with van der Waals surface area (Å²) < 4.78 is 0. The Bertz CT molecular complexity index is 350. The lowest BCUT2D eigenvalue weighted by atomic mass is 10.3. The number of hydrogen-bond donors (Lipinski definition) is 1. The van der Waals surface area contributed by atoms with E-state index in [0.29, 0.717) is 11.3 Å². The quantitative estimate of drug-likeness (QED) is 0.422. The van der Waals surface area contributed by atoms with Crippen LogP contribution in [-0.4, -0.2) is 72.4 Å². The Labute approximate surface area is 150 Å². The fraction of sp³-hybridized carbons (Fsp3) is 0.857. The maximum absolute atomic E-state index is 11.7. The van der Waals surface area contributed by atoms with E-state index < -0.39 is 0 Å². The zero-order chi connectivity index (χ0) is 15.1. The monoisotopic (exact) mass is 428 g/mol. The van der Waals surface area contributed by atoms with Crippen LogP contribution in [0.2, 0.25) is 0 Å². The van der Waals surface area contributed by atoms with E-state index in [0.717, 1.165) is 24.8 Å². The summed E-state index contributed by atoms with van der Waals surface area (Å²) in [7, 11) is 3.52. The first kappa shape index (κ1) is 20.8. The number of amides is 1. The Morgan fingerprint density at radius 3 is 2.67 bits per heavy atom. The van der Waals surface area contributed by atoms with Crippen LogP contribution in [0.15, 0.2) is 4.99 Å². The van der Waals surface area contributed by atoms with Gasteiger partial charge in [-0.1, -0.05) is 6.92 Å². The van der Waals surface area contributed by atoms with Crippen LogP contribution in [0.25, 0.3) is 0 Å². The first-order chi connectivity index (χ1) is 9.43. The van der Waals surface area contributed by atoms with E-state index in [1.807, 2.05) is 11.8 Å². The number of guanidine groups is 1. The largest absolute Gasteiger partial charge is 0.354 e. The van der Waals surface area contributed by atoms with E-state index in [2.05, 4.69) is 36.0 Å². The van der Waals surface area contributed by atoms with Crippen molar-refractivity contribution >= 4 is 47.6 Å². The van der Waals surface area contributed by atoms with Crippen LogP contribution >= 0.6 is 35.7 Å². The van der Waals surface area contributed by atoms with Gasteiger partial charge in [-0.05, 0) is 20.3 Å². The lowest BCUT2D eigenvalue weighted by Gasteiger charge is -2.35. The molecule has 7 heteroatoms. The first-order valence-corrected chi connectivity index (χ1v) is 8.36. The van der Waals surface area contributed by atoms with Crippen LogP contribution in [0.5, 0.6) is 0 Å². The molecular weight excluding hydrogens is 399 g/mol. The normalized spacial score (nSPS) is 19.2. The van der Waals surface area contributed by atoms with Gasteiger partial charge in [0.05, 0.1) is 0 Å². The van der Waals surface area contributed by atoms with Gasteiger partial charge < -0.3 is 15.1 Å². The van der Waals surface area contributed by atoms with Crippen LogP contribution < -0.4 is 5.32 Å². The van der Waals surface area contributed by atoms with Crippen molar-refractivity contribution in [1.82, 2.24) is 15.1 Å². The van der Waals surface area contributed by atoms with Crippen LogP contribution in [0, 0.1) is 0 Å². The fourth-order valence-corrected chi connectivity index (χ4v) is 3.12. The van der Waals surface area contributed by atoms with Gasteiger partial charge in [0.1, 0.15) is 6.54 Å². The third-order valence-corrected chi connectivity index (χ3v) is 4.55. The van der Waals surface area contributed by atoms with Crippen LogP contribution in [0.4, 0.5) is 0 Å². The third-order valence-electron chi connectivity index (χ3n) is 3.17.